The van der Waals surface area contributed by atoms with E-state index in [4.69, 9.17) is 0 Å². The van der Waals surface area contributed by atoms with E-state index in [0.717, 1.165) is 51.0 Å². The summed E-state index contributed by atoms with van der Waals surface area (Å²) in [6.45, 7) is 17.0. The molecule has 0 aromatic rings. The van der Waals surface area contributed by atoms with Gasteiger partial charge in [-0.3, -0.25) is 9.59 Å². The van der Waals surface area contributed by atoms with Crippen molar-refractivity contribution in [2.75, 3.05) is 0 Å². The highest BCUT2D eigenvalue weighted by Gasteiger charge is 2.52. The molecular formula is C28H43N2O2. The molecule has 0 aromatic heterocycles. The lowest BCUT2D eigenvalue weighted by atomic mass is 9.63. The minimum Gasteiger partial charge on any atom is -0.346 e. The number of allylic oxidation sites excluding steroid dienone is 6. The molecule has 0 heterocycles. The lowest BCUT2D eigenvalue weighted by Gasteiger charge is -2.49. The second-order valence-electron chi connectivity index (χ2n) is 9.37. The van der Waals surface area contributed by atoms with Crippen molar-refractivity contribution in [1.82, 2.24) is 10.6 Å². The lowest BCUT2D eigenvalue weighted by Crippen LogP contribution is -2.61. The summed E-state index contributed by atoms with van der Waals surface area (Å²) in [4.78, 5) is 24.7. The molecule has 0 bridgehead atoms. The molecule has 1 radical (unpaired) electrons. The third-order valence-electron chi connectivity index (χ3n) is 7.76. The van der Waals surface area contributed by atoms with Crippen molar-refractivity contribution in [3.8, 4) is 0 Å². The minimum absolute atomic E-state index is 0.0604. The van der Waals surface area contributed by atoms with Gasteiger partial charge in [-0.1, -0.05) is 63.8 Å². The molecule has 2 amide bonds. The van der Waals surface area contributed by atoms with Crippen molar-refractivity contribution in [2.24, 2.45) is 11.8 Å². The summed E-state index contributed by atoms with van der Waals surface area (Å²) in [5.41, 5.74) is 7.25. The first kappa shape index (κ1) is 26.2. The number of rotatable bonds is 12. The Morgan fingerprint density at radius 1 is 1.22 bits per heavy atom. The van der Waals surface area contributed by atoms with E-state index in [-0.39, 0.29) is 11.8 Å². The van der Waals surface area contributed by atoms with Gasteiger partial charge in [-0.2, -0.15) is 0 Å². The average molecular weight is 440 g/mol. The van der Waals surface area contributed by atoms with Gasteiger partial charge in [0, 0.05) is 12.8 Å². The van der Waals surface area contributed by atoms with Crippen molar-refractivity contribution < 1.29 is 9.59 Å². The summed E-state index contributed by atoms with van der Waals surface area (Å²) in [5, 5.41) is 6.54. The van der Waals surface area contributed by atoms with Gasteiger partial charge in [-0.05, 0) is 74.7 Å². The van der Waals surface area contributed by atoms with Gasteiger partial charge < -0.3 is 10.6 Å². The Morgan fingerprint density at radius 2 is 1.91 bits per heavy atom. The van der Waals surface area contributed by atoms with Gasteiger partial charge in [0.15, 0.2) is 0 Å². The van der Waals surface area contributed by atoms with E-state index < -0.39 is 5.54 Å². The highest BCUT2D eigenvalue weighted by molar-refractivity contribution is 5.75. The van der Waals surface area contributed by atoms with Crippen molar-refractivity contribution in [3.63, 3.8) is 0 Å². The van der Waals surface area contributed by atoms with E-state index in [9.17, 15) is 9.59 Å². The molecule has 3 unspecified atom stereocenters. The van der Waals surface area contributed by atoms with Crippen LogP contribution in [0.4, 0.5) is 0 Å². The summed E-state index contributed by atoms with van der Waals surface area (Å²) in [7, 11) is 0. The molecule has 0 aliphatic heterocycles. The molecular weight excluding hydrogens is 396 g/mol. The quantitative estimate of drug-likeness (QED) is 0.349. The summed E-state index contributed by atoms with van der Waals surface area (Å²) >= 11 is 0. The molecule has 2 aliphatic carbocycles. The van der Waals surface area contributed by atoms with Crippen molar-refractivity contribution in [3.05, 3.63) is 51.6 Å². The predicted molar refractivity (Wildman–Crippen MR) is 134 cm³/mol. The fraction of sp³-hybridized carbons (Fsp3) is 0.607. The Kier molecular flexibility index (Phi) is 9.12. The number of amides is 2. The SMILES string of the molecule is CCCC[C](NC(C)=O)C(NC=O)(C1=C(CC)C=CC1)C(CC)C1=C(C)C(C)=C(C)C1C. The average Bonchev–Trinajstić information content (AvgIpc) is 3.32. The van der Waals surface area contributed by atoms with Crippen LogP contribution >= 0.6 is 0 Å². The zero-order valence-corrected chi connectivity index (χ0v) is 21.4. The molecule has 4 heteroatoms. The van der Waals surface area contributed by atoms with E-state index in [1.165, 1.54) is 33.4 Å². The first-order valence-electron chi connectivity index (χ1n) is 12.3. The molecule has 4 nitrogen and oxygen atoms in total. The maximum absolute atomic E-state index is 12.4. The van der Waals surface area contributed by atoms with Gasteiger partial charge in [0.2, 0.25) is 12.3 Å². The number of unbranched alkanes of at least 4 members (excludes halogenated alkanes) is 1. The molecule has 32 heavy (non-hydrogen) atoms. The largest absolute Gasteiger partial charge is 0.346 e. The highest BCUT2D eigenvalue weighted by Crippen LogP contribution is 2.52. The summed E-state index contributed by atoms with van der Waals surface area (Å²) in [6.07, 6.45) is 10.5. The summed E-state index contributed by atoms with van der Waals surface area (Å²) < 4.78 is 0. The highest BCUT2D eigenvalue weighted by atomic mass is 16.1. The zero-order valence-electron chi connectivity index (χ0n) is 21.4. The second kappa shape index (κ2) is 11.2. The van der Waals surface area contributed by atoms with Crippen molar-refractivity contribution in [2.45, 2.75) is 99.5 Å². The van der Waals surface area contributed by atoms with Crippen LogP contribution in [-0.4, -0.2) is 17.9 Å². The first-order chi connectivity index (χ1) is 15.2. The monoisotopic (exact) mass is 439 g/mol. The Bertz CT molecular complexity index is 845. The number of nitrogens with one attached hydrogen (secondary N) is 2. The number of carbonyl (C=O) groups excluding carboxylic acids is 2. The molecule has 2 N–H and O–H groups in total. The van der Waals surface area contributed by atoms with Crippen LogP contribution in [0, 0.1) is 17.9 Å². The summed E-state index contributed by atoms with van der Waals surface area (Å²) in [6, 6.07) is 0.935. The number of hydrogen-bond donors (Lipinski definition) is 2. The standard InChI is InChI=1S/C28H43N2O2/c1-9-12-16-26(30-22(8)32)28(29-17-31,25-15-13-14-23(25)10-2)24(11-3)27-20(6)18(4)19(5)21(27)7/h13-14,17,20,24H,9-12,15-16H2,1-8H3,(H,29,31)(H,30,32). The van der Waals surface area contributed by atoms with Crippen LogP contribution < -0.4 is 10.6 Å². The van der Waals surface area contributed by atoms with E-state index >= 15 is 0 Å². The predicted octanol–water partition coefficient (Wildman–Crippen LogP) is 6.32. The molecule has 0 spiro atoms. The Labute approximate surface area is 195 Å². The van der Waals surface area contributed by atoms with Crippen LogP contribution in [0.15, 0.2) is 45.6 Å². The zero-order chi connectivity index (χ0) is 24.1. The van der Waals surface area contributed by atoms with Crippen molar-refractivity contribution >= 4 is 12.3 Å². The first-order valence-corrected chi connectivity index (χ1v) is 12.3. The Hall–Kier alpha value is -2.10. The molecule has 0 saturated heterocycles. The third-order valence-corrected chi connectivity index (χ3v) is 7.76. The number of hydrogen-bond acceptors (Lipinski definition) is 2. The van der Waals surface area contributed by atoms with Gasteiger partial charge in [-0.25, -0.2) is 0 Å². The van der Waals surface area contributed by atoms with Gasteiger partial charge >= 0.3 is 0 Å². The molecule has 177 valence electrons. The molecule has 0 saturated carbocycles. The summed E-state index contributed by atoms with van der Waals surface area (Å²) in [5.74, 6) is 0.297. The van der Waals surface area contributed by atoms with Gasteiger partial charge in [0.25, 0.3) is 0 Å². The minimum atomic E-state index is -0.734. The lowest BCUT2D eigenvalue weighted by molar-refractivity contribution is -0.119. The van der Waals surface area contributed by atoms with Crippen LogP contribution in [0.5, 0.6) is 0 Å². The topological polar surface area (TPSA) is 58.2 Å². The fourth-order valence-electron chi connectivity index (χ4n) is 5.91. The van der Waals surface area contributed by atoms with Crippen LogP contribution in [0.3, 0.4) is 0 Å². The molecule has 3 atom stereocenters. The molecule has 0 aromatic carbocycles. The van der Waals surface area contributed by atoms with Crippen LogP contribution in [0.2, 0.25) is 0 Å². The normalized spacial score (nSPS) is 21.5. The maximum Gasteiger partial charge on any atom is 0.217 e. The second-order valence-corrected chi connectivity index (χ2v) is 9.37. The fourth-order valence-corrected chi connectivity index (χ4v) is 5.91. The third kappa shape index (κ3) is 4.65. The molecule has 2 rings (SSSR count). The van der Waals surface area contributed by atoms with E-state index in [0.29, 0.717) is 5.92 Å². The van der Waals surface area contributed by atoms with Gasteiger partial charge in [-0.15, -0.1) is 0 Å². The van der Waals surface area contributed by atoms with Crippen molar-refractivity contribution in [1.29, 1.82) is 0 Å². The van der Waals surface area contributed by atoms with Crippen LogP contribution in [0.1, 0.15) is 93.9 Å². The smallest absolute Gasteiger partial charge is 0.217 e. The number of carbonyl (C=O) groups is 2. The van der Waals surface area contributed by atoms with E-state index in [1.807, 2.05) is 0 Å². The van der Waals surface area contributed by atoms with Gasteiger partial charge in [0.05, 0.1) is 11.6 Å². The van der Waals surface area contributed by atoms with Crippen LogP contribution in [-0.2, 0) is 9.59 Å². The molecule has 0 fully saturated rings. The Morgan fingerprint density at radius 3 is 2.38 bits per heavy atom. The Balaban J connectivity index is 2.84. The maximum atomic E-state index is 12.4. The van der Waals surface area contributed by atoms with E-state index in [1.54, 1.807) is 6.92 Å². The van der Waals surface area contributed by atoms with E-state index in [2.05, 4.69) is 71.3 Å². The van der Waals surface area contributed by atoms with Gasteiger partial charge in [0.1, 0.15) is 0 Å². The van der Waals surface area contributed by atoms with Crippen LogP contribution in [0.25, 0.3) is 0 Å². The molecule has 2 aliphatic rings.